The van der Waals surface area contributed by atoms with Crippen LogP contribution in [0.3, 0.4) is 0 Å². The Morgan fingerprint density at radius 2 is 1.56 bits per heavy atom. The van der Waals surface area contributed by atoms with Crippen molar-refractivity contribution >= 4 is 23.1 Å². The summed E-state index contributed by atoms with van der Waals surface area (Å²) < 4.78 is 27.6. The number of halogens is 2. The van der Waals surface area contributed by atoms with E-state index in [4.69, 9.17) is 0 Å². The molecule has 1 unspecified atom stereocenters. The summed E-state index contributed by atoms with van der Waals surface area (Å²) in [7, 11) is 0. The molecule has 3 aromatic rings. The highest BCUT2D eigenvalue weighted by Crippen LogP contribution is 2.43. The number of aliphatic hydroxyl groups excluding tert-OH is 1. The summed E-state index contributed by atoms with van der Waals surface area (Å²) in [5.41, 5.74) is 3.63. The Balaban J connectivity index is 1.99. The Hall–Kier alpha value is -3.80. The zero-order valence-electron chi connectivity index (χ0n) is 17.8. The molecule has 162 valence electrons. The van der Waals surface area contributed by atoms with Gasteiger partial charge >= 0.3 is 0 Å². The summed E-state index contributed by atoms with van der Waals surface area (Å²) in [6, 6.07) is 14.4. The van der Waals surface area contributed by atoms with E-state index in [-0.39, 0.29) is 17.0 Å². The predicted octanol–water partition coefficient (Wildman–Crippen LogP) is 5.52. The molecule has 1 aliphatic rings. The molecular weight excluding hydrogens is 412 g/mol. The quantitative estimate of drug-likeness (QED) is 0.336. The standard InChI is InChI=1S/C26H21F2NO3/c1-14-8-9-17(12-16(14)3)24(30)22-23(19-7-5-4-6-15(19)2)29(26(32)25(22)31)18-10-11-20(27)21(28)13-18/h4-13,23,30H,1-3H3/b24-22+. The minimum absolute atomic E-state index is 0.0263. The molecule has 0 aliphatic carbocycles. The van der Waals surface area contributed by atoms with Crippen molar-refractivity contribution in [2.24, 2.45) is 0 Å². The van der Waals surface area contributed by atoms with Gasteiger partial charge in [-0.2, -0.15) is 0 Å². The molecule has 4 nitrogen and oxygen atoms in total. The highest BCUT2D eigenvalue weighted by atomic mass is 19.2. The molecule has 0 saturated carbocycles. The summed E-state index contributed by atoms with van der Waals surface area (Å²) in [5, 5.41) is 11.2. The van der Waals surface area contributed by atoms with Crippen molar-refractivity contribution in [3.63, 3.8) is 0 Å². The van der Waals surface area contributed by atoms with Gasteiger partial charge in [-0.15, -0.1) is 0 Å². The molecule has 1 fully saturated rings. The third-order valence-corrected chi connectivity index (χ3v) is 5.89. The second-order valence-corrected chi connectivity index (χ2v) is 7.92. The van der Waals surface area contributed by atoms with Gasteiger partial charge in [-0.25, -0.2) is 8.78 Å². The zero-order chi connectivity index (χ0) is 23.2. The van der Waals surface area contributed by atoms with Gasteiger partial charge in [0.25, 0.3) is 11.7 Å². The molecule has 4 rings (SSSR count). The van der Waals surface area contributed by atoms with E-state index in [1.165, 1.54) is 6.07 Å². The third-order valence-electron chi connectivity index (χ3n) is 5.89. The zero-order valence-corrected chi connectivity index (χ0v) is 17.8. The van der Waals surface area contributed by atoms with Gasteiger partial charge in [0.1, 0.15) is 5.76 Å². The number of amides is 1. The van der Waals surface area contributed by atoms with E-state index in [2.05, 4.69) is 0 Å². The van der Waals surface area contributed by atoms with E-state index < -0.39 is 29.4 Å². The van der Waals surface area contributed by atoms with Gasteiger partial charge in [-0.05, 0) is 61.2 Å². The average Bonchev–Trinajstić information content (AvgIpc) is 3.02. The number of rotatable bonds is 3. The SMILES string of the molecule is Cc1ccc(/C(O)=C2\C(=O)C(=O)N(c3ccc(F)c(F)c3)C2c2ccccc2C)cc1C. The van der Waals surface area contributed by atoms with E-state index in [0.717, 1.165) is 33.7 Å². The number of hydrogen-bond donors (Lipinski definition) is 1. The first-order valence-electron chi connectivity index (χ1n) is 10.1. The highest BCUT2D eigenvalue weighted by molar-refractivity contribution is 6.51. The van der Waals surface area contributed by atoms with Gasteiger partial charge in [-0.3, -0.25) is 14.5 Å². The minimum atomic E-state index is -1.14. The van der Waals surface area contributed by atoms with Crippen LogP contribution in [0.1, 0.15) is 33.9 Å². The number of carbonyl (C=O) groups is 2. The highest BCUT2D eigenvalue weighted by Gasteiger charge is 2.47. The van der Waals surface area contributed by atoms with E-state index >= 15 is 0 Å². The van der Waals surface area contributed by atoms with Crippen LogP contribution < -0.4 is 4.90 Å². The van der Waals surface area contributed by atoms with E-state index in [0.29, 0.717) is 11.1 Å². The Bertz CT molecular complexity index is 1300. The summed E-state index contributed by atoms with van der Waals surface area (Å²) in [6.07, 6.45) is 0. The molecule has 1 N–H and O–H groups in total. The smallest absolute Gasteiger partial charge is 0.300 e. The number of carbonyl (C=O) groups excluding carboxylic acids is 2. The van der Waals surface area contributed by atoms with Crippen LogP contribution in [-0.2, 0) is 9.59 Å². The van der Waals surface area contributed by atoms with E-state index in [1.807, 2.05) is 39.0 Å². The summed E-state index contributed by atoms with van der Waals surface area (Å²) in [6.45, 7) is 5.62. The lowest BCUT2D eigenvalue weighted by atomic mass is 9.92. The van der Waals surface area contributed by atoms with Gasteiger partial charge in [0.05, 0.1) is 11.6 Å². The third kappa shape index (κ3) is 3.47. The van der Waals surface area contributed by atoms with Gasteiger partial charge in [0.15, 0.2) is 11.6 Å². The van der Waals surface area contributed by atoms with Crippen LogP contribution in [0.4, 0.5) is 14.5 Å². The summed E-state index contributed by atoms with van der Waals surface area (Å²) >= 11 is 0. The lowest BCUT2D eigenvalue weighted by molar-refractivity contribution is -0.132. The van der Waals surface area contributed by atoms with Crippen LogP contribution >= 0.6 is 0 Å². The number of aryl methyl sites for hydroxylation is 3. The molecule has 1 heterocycles. The normalized spacial score (nSPS) is 17.8. The van der Waals surface area contributed by atoms with E-state index in [9.17, 15) is 23.5 Å². The molecule has 1 amide bonds. The van der Waals surface area contributed by atoms with Crippen molar-refractivity contribution in [1.29, 1.82) is 0 Å². The topological polar surface area (TPSA) is 57.6 Å². The van der Waals surface area contributed by atoms with Crippen molar-refractivity contribution in [2.75, 3.05) is 4.90 Å². The van der Waals surface area contributed by atoms with Crippen LogP contribution in [0.25, 0.3) is 5.76 Å². The first-order valence-corrected chi connectivity index (χ1v) is 10.1. The fraction of sp³-hybridized carbons (Fsp3) is 0.154. The maximum atomic E-state index is 14.0. The molecule has 0 aromatic heterocycles. The summed E-state index contributed by atoms with van der Waals surface area (Å²) in [4.78, 5) is 27.3. The maximum absolute atomic E-state index is 14.0. The molecule has 0 bridgehead atoms. The van der Waals surface area contributed by atoms with E-state index in [1.54, 1.807) is 24.3 Å². The number of nitrogens with zero attached hydrogens (tertiary/aromatic N) is 1. The molecule has 3 aromatic carbocycles. The Labute approximate surface area is 184 Å². The van der Waals surface area contributed by atoms with Crippen molar-refractivity contribution in [3.05, 3.63) is 106 Å². The number of Topliss-reactive ketones (excluding diaryl/α,β-unsaturated/α-hetero) is 1. The largest absolute Gasteiger partial charge is 0.507 e. The molecule has 1 aliphatic heterocycles. The van der Waals surface area contributed by atoms with Crippen LogP contribution in [0, 0.1) is 32.4 Å². The lowest BCUT2D eigenvalue weighted by Gasteiger charge is -2.26. The second-order valence-electron chi connectivity index (χ2n) is 7.92. The minimum Gasteiger partial charge on any atom is -0.507 e. The van der Waals surface area contributed by atoms with Crippen molar-refractivity contribution < 1.29 is 23.5 Å². The Morgan fingerprint density at radius 3 is 2.22 bits per heavy atom. The molecule has 32 heavy (non-hydrogen) atoms. The number of benzene rings is 3. The monoisotopic (exact) mass is 433 g/mol. The summed E-state index contributed by atoms with van der Waals surface area (Å²) in [5.74, 6) is -4.33. The number of ketones is 1. The second kappa shape index (κ2) is 8.04. The molecule has 1 atom stereocenters. The predicted molar refractivity (Wildman–Crippen MR) is 118 cm³/mol. The average molecular weight is 433 g/mol. The van der Waals surface area contributed by atoms with Crippen molar-refractivity contribution in [1.82, 2.24) is 0 Å². The molecule has 0 spiro atoms. The first-order chi connectivity index (χ1) is 15.2. The number of aliphatic hydroxyl groups is 1. The van der Waals surface area contributed by atoms with Crippen LogP contribution in [0.2, 0.25) is 0 Å². The van der Waals surface area contributed by atoms with Gasteiger partial charge in [0, 0.05) is 17.3 Å². The molecular formula is C26H21F2NO3. The van der Waals surface area contributed by atoms with Crippen LogP contribution in [-0.4, -0.2) is 16.8 Å². The lowest BCUT2D eigenvalue weighted by Crippen LogP contribution is -2.30. The number of anilines is 1. The molecule has 6 heteroatoms. The Morgan fingerprint density at radius 1 is 0.844 bits per heavy atom. The van der Waals surface area contributed by atoms with Gasteiger partial charge < -0.3 is 5.11 Å². The van der Waals surface area contributed by atoms with Gasteiger partial charge in [0.2, 0.25) is 0 Å². The van der Waals surface area contributed by atoms with Crippen molar-refractivity contribution in [3.8, 4) is 0 Å². The Kier molecular flexibility index (Phi) is 5.38. The van der Waals surface area contributed by atoms with Crippen LogP contribution in [0.5, 0.6) is 0 Å². The fourth-order valence-corrected chi connectivity index (χ4v) is 3.97. The number of hydrogen-bond acceptors (Lipinski definition) is 3. The fourth-order valence-electron chi connectivity index (χ4n) is 3.97. The maximum Gasteiger partial charge on any atom is 0.300 e. The van der Waals surface area contributed by atoms with Crippen LogP contribution in [0.15, 0.2) is 66.2 Å². The first kappa shape index (κ1) is 21.4. The van der Waals surface area contributed by atoms with Gasteiger partial charge in [-0.1, -0.05) is 36.4 Å². The molecule has 0 radical (unpaired) electrons. The van der Waals surface area contributed by atoms with Crippen molar-refractivity contribution in [2.45, 2.75) is 26.8 Å². The molecule has 1 saturated heterocycles.